The number of hydrogen-bond donors (Lipinski definition) is 2. The van der Waals surface area contributed by atoms with Crippen LogP contribution >= 0.6 is 0 Å². The number of hydrogen-bond acceptors (Lipinski definition) is 6. The van der Waals surface area contributed by atoms with Crippen LogP contribution in [0.15, 0.2) is 67.1 Å². The van der Waals surface area contributed by atoms with Crippen LogP contribution < -0.4 is 10.1 Å². The molecule has 1 amide bonds. The monoisotopic (exact) mass is 586 g/mol. The van der Waals surface area contributed by atoms with Crippen LogP contribution in [0.2, 0.25) is 0 Å². The lowest BCUT2D eigenvalue weighted by Crippen LogP contribution is -2.22. The summed E-state index contributed by atoms with van der Waals surface area (Å²) in [7, 11) is 3.30. The molecule has 13 heteroatoms. The average molecular weight is 587 g/mol. The first-order valence-electron chi connectivity index (χ1n) is 12.7. The number of nitrogens with zero attached hydrogens (tertiary/aromatic N) is 4. The second-order valence-corrected chi connectivity index (χ2v) is 9.34. The first-order valence-corrected chi connectivity index (χ1v) is 12.7. The first-order chi connectivity index (χ1) is 20.0. The molecular weight excluding hydrogens is 559 g/mol. The summed E-state index contributed by atoms with van der Waals surface area (Å²) in [5.41, 5.74) is 0.0654. The Bertz CT molecular complexity index is 1600. The van der Waals surface area contributed by atoms with Gasteiger partial charge in [0.15, 0.2) is 0 Å². The number of alkyl halides is 3. The lowest BCUT2D eigenvalue weighted by molar-refractivity contribution is -0.124. The van der Waals surface area contributed by atoms with Crippen LogP contribution in [0, 0.1) is 11.8 Å². The summed E-state index contributed by atoms with van der Waals surface area (Å²) in [6.45, 7) is 1.10. The summed E-state index contributed by atoms with van der Waals surface area (Å²) >= 11 is 0. The molecule has 0 saturated carbocycles. The summed E-state index contributed by atoms with van der Waals surface area (Å²) in [6.07, 6.45) is 0.321. The molecule has 1 aromatic carbocycles. The molecule has 0 fully saturated rings. The highest BCUT2D eigenvalue weighted by molar-refractivity contribution is 6.00. The fourth-order valence-corrected chi connectivity index (χ4v) is 4.12. The van der Waals surface area contributed by atoms with Gasteiger partial charge < -0.3 is 15.0 Å². The van der Waals surface area contributed by atoms with Gasteiger partial charge in [0.05, 0.1) is 23.5 Å². The van der Waals surface area contributed by atoms with Crippen LogP contribution in [0.1, 0.15) is 23.1 Å². The number of fused-ring (bicyclic) bond motifs is 1. The van der Waals surface area contributed by atoms with Gasteiger partial charge in [-0.25, -0.2) is 9.37 Å². The van der Waals surface area contributed by atoms with Gasteiger partial charge >= 0.3 is 6.18 Å². The number of aromatic nitrogens is 4. The molecule has 0 saturated heterocycles. The van der Waals surface area contributed by atoms with Crippen molar-refractivity contribution >= 4 is 28.0 Å². The van der Waals surface area contributed by atoms with E-state index < -0.39 is 24.4 Å². The minimum atomic E-state index is -4.69. The zero-order valence-corrected chi connectivity index (χ0v) is 22.7. The number of ether oxygens (including phenoxy) is 1. The van der Waals surface area contributed by atoms with E-state index >= 15 is 0 Å². The molecule has 0 aliphatic carbocycles. The molecule has 0 bridgehead atoms. The fourth-order valence-electron chi connectivity index (χ4n) is 4.12. The Balaban J connectivity index is 1.64. The molecule has 8 nitrogen and oxygen atoms in total. The van der Waals surface area contributed by atoms with Crippen LogP contribution in [0.3, 0.4) is 0 Å². The molecule has 0 spiro atoms. The SMILES string of the molecule is CN(C)C(=O)/C=C/CNCCOc1ccc(/C(=C(/CC(F)(F)F)c2ccncc2F)c2ccc3n[nH]c(F)c3c2)cn1. The first kappa shape index (κ1) is 30.3. The molecule has 0 atom stereocenters. The van der Waals surface area contributed by atoms with Crippen molar-refractivity contribution in [2.45, 2.75) is 12.6 Å². The number of allylic oxidation sites excluding steroid dienone is 1. The van der Waals surface area contributed by atoms with Gasteiger partial charge in [0, 0.05) is 62.8 Å². The quantitative estimate of drug-likeness (QED) is 0.143. The van der Waals surface area contributed by atoms with E-state index in [2.05, 4.69) is 25.5 Å². The Kier molecular flexibility index (Phi) is 9.63. The topological polar surface area (TPSA) is 96.0 Å². The standard InChI is InChI=1S/C29H27F5N6O2/c1-40(2)26(41)4-3-10-35-12-13-42-25-8-6-19(16-37-25)27(18-5-7-24-21(14-18)28(31)39-38-24)22(15-29(32,33)34)20-9-11-36-17-23(20)30/h3-9,11,14,16-17,35H,10,12-13,15H2,1-2H3,(H,38,39)/b4-3+,27-22-. The van der Waals surface area contributed by atoms with Gasteiger partial charge in [0.1, 0.15) is 12.4 Å². The van der Waals surface area contributed by atoms with Gasteiger partial charge in [-0.2, -0.15) is 22.7 Å². The second-order valence-electron chi connectivity index (χ2n) is 9.34. The Morgan fingerprint density at radius 2 is 1.88 bits per heavy atom. The van der Waals surface area contributed by atoms with Crippen molar-refractivity contribution in [3.63, 3.8) is 0 Å². The van der Waals surface area contributed by atoms with Crippen LogP contribution in [-0.4, -0.2) is 70.9 Å². The number of rotatable bonds is 11. The van der Waals surface area contributed by atoms with Crippen molar-refractivity contribution in [2.24, 2.45) is 0 Å². The van der Waals surface area contributed by atoms with Crippen molar-refractivity contribution < 1.29 is 31.5 Å². The zero-order valence-electron chi connectivity index (χ0n) is 22.7. The van der Waals surface area contributed by atoms with Gasteiger partial charge in [-0.1, -0.05) is 12.1 Å². The molecule has 220 valence electrons. The lowest BCUT2D eigenvalue weighted by Gasteiger charge is -2.19. The van der Waals surface area contributed by atoms with Crippen LogP contribution in [0.4, 0.5) is 22.0 Å². The summed E-state index contributed by atoms with van der Waals surface area (Å²) in [5.74, 6) is -1.62. The van der Waals surface area contributed by atoms with Gasteiger partial charge in [-0.05, 0) is 41.0 Å². The van der Waals surface area contributed by atoms with Crippen molar-refractivity contribution in [1.82, 2.24) is 30.4 Å². The highest BCUT2D eigenvalue weighted by Gasteiger charge is 2.33. The van der Waals surface area contributed by atoms with E-state index in [0.717, 1.165) is 12.3 Å². The Hall–Kier alpha value is -4.65. The number of aromatic amines is 1. The highest BCUT2D eigenvalue weighted by Crippen LogP contribution is 2.40. The summed E-state index contributed by atoms with van der Waals surface area (Å²) in [4.78, 5) is 20.9. The molecule has 3 aromatic heterocycles. The Morgan fingerprint density at radius 1 is 1.10 bits per heavy atom. The predicted octanol–water partition coefficient (Wildman–Crippen LogP) is 5.16. The van der Waals surface area contributed by atoms with Gasteiger partial charge in [0.25, 0.3) is 0 Å². The maximum absolute atomic E-state index is 14.9. The molecule has 0 unspecified atom stereocenters. The molecule has 0 aliphatic heterocycles. The summed E-state index contributed by atoms with van der Waals surface area (Å²) in [5, 5.41) is 9.17. The zero-order chi connectivity index (χ0) is 30.3. The van der Waals surface area contributed by atoms with Crippen LogP contribution in [0.25, 0.3) is 22.0 Å². The van der Waals surface area contributed by atoms with E-state index in [1.54, 1.807) is 20.2 Å². The number of carbonyl (C=O) groups is 1. The van der Waals surface area contributed by atoms with Crippen molar-refractivity contribution in [1.29, 1.82) is 0 Å². The maximum Gasteiger partial charge on any atom is 0.393 e. The van der Waals surface area contributed by atoms with Gasteiger partial charge in [-0.3, -0.25) is 14.9 Å². The number of benzene rings is 1. The van der Waals surface area contributed by atoms with E-state index in [4.69, 9.17) is 4.74 Å². The van der Waals surface area contributed by atoms with Crippen LogP contribution in [-0.2, 0) is 4.79 Å². The van der Waals surface area contributed by atoms with E-state index in [-0.39, 0.29) is 57.1 Å². The molecule has 42 heavy (non-hydrogen) atoms. The molecule has 3 heterocycles. The Labute approximate surface area is 237 Å². The molecule has 0 radical (unpaired) electrons. The average Bonchev–Trinajstić information content (AvgIpc) is 3.32. The minimum absolute atomic E-state index is 0.0136. The number of pyridine rings is 2. The molecule has 0 aliphatic rings. The van der Waals surface area contributed by atoms with Crippen molar-refractivity contribution in [3.8, 4) is 5.88 Å². The third kappa shape index (κ3) is 7.75. The number of likely N-dealkylation sites (N-methyl/N-ethyl adjacent to an activating group) is 1. The second kappa shape index (κ2) is 13.3. The number of carbonyl (C=O) groups excluding carboxylic acids is 1. The van der Waals surface area contributed by atoms with E-state index in [1.165, 1.54) is 53.7 Å². The number of amides is 1. The number of nitrogens with one attached hydrogen (secondary N) is 2. The summed E-state index contributed by atoms with van der Waals surface area (Å²) in [6, 6.07) is 8.46. The third-order valence-corrected chi connectivity index (χ3v) is 6.09. The number of halogens is 5. The molecular formula is C29H27F5N6O2. The summed E-state index contributed by atoms with van der Waals surface area (Å²) < 4.78 is 76.4. The number of H-pyrrole nitrogens is 1. The highest BCUT2D eigenvalue weighted by atomic mass is 19.4. The van der Waals surface area contributed by atoms with E-state index in [1.807, 2.05) is 0 Å². The van der Waals surface area contributed by atoms with E-state index in [9.17, 15) is 26.7 Å². The molecule has 2 N–H and O–H groups in total. The van der Waals surface area contributed by atoms with Crippen molar-refractivity contribution in [3.05, 3.63) is 95.6 Å². The van der Waals surface area contributed by atoms with Gasteiger partial charge in [0.2, 0.25) is 17.7 Å². The maximum atomic E-state index is 14.9. The smallest absolute Gasteiger partial charge is 0.393 e. The fraction of sp³-hybridized carbons (Fsp3) is 0.241. The van der Waals surface area contributed by atoms with E-state index in [0.29, 0.717) is 13.1 Å². The third-order valence-electron chi connectivity index (χ3n) is 6.09. The Morgan fingerprint density at radius 3 is 2.57 bits per heavy atom. The molecule has 4 aromatic rings. The van der Waals surface area contributed by atoms with Crippen molar-refractivity contribution in [2.75, 3.05) is 33.8 Å². The largest absolute Gasteiger partial charge is 0.476 e. The van der Waals surface area contributed by atoms with Gasteiger partial charge in [-0.15, -0.1) is 0 Å². The normalized spacial score (nSPS) is 12.5. The predicted molar refractivity (Wildman–Crippen MR) is 147 cm³/mol. The lowest BCUT2D eigenvalue weighted by atomic mass is 9.88. The van der Waals surface area contributed by atoms with Crippen LogP contribution in [0.5, 0.6) is 5.88 Å². The minimum Gasteiger partial charge on any atom is -0.476 e. The molecule has 4 rings (SSSR count).